The molecule has 1 aliphatic rings. The second-order valence-electron chi connectivity index (χ2n) is 7.34. The SMILES string of the molecule is Nc1ncc2c(-c3ccn4ncc(C(=O)NCC5CC(F)(F)C5)c4c3)c[nH]c2n1. The number of nitrogen functional groups attached to an aromatic ring is 1. The maximum atomic E-state index is 13.0. The number of rotatable bonds is 4. The van der Waals surface area contributed by atoms with Gasteiger partial charge in [-0.3, -0.25) is 4.79 Å². The zero-order valence-corrected chi connectivity index (χ0v) is 15.2. The fourth-order valence-corrected chi connectivity index (χ4v) is 3.74. The zero-order valence-electron chi connectivity index (χ0n) is 15.2. The highest BCUT2D eigenvalue weighted by molar-refractivity contribution is 6.02. The third-order valence-electron chi connectivity index (χ3n) is 5.25. The van der Waals surface area contributed by atoms with Gasteiger partial charge < -0.3 is 16.0 Å². The molecule has 4 aromatic heterocycles. The summed E-state index contributed by atoms with van der Waals surface area (Å²) in [4.78, 5) is 23.8. The number of amides is 1. The van der Waals surface area contributed by atoms with E-state index in [0.29, 0.717) is 16.7 Å². The maximum Gasteiger partial charge on any atom is 0.255 e. The summed E-state index contributed by atoms with van der Waals surface area (Å²) in [5.74, 6) is -2.93. The lowest BCUT2D eigenvalue weighted by Gasteiger charge is -2.34. The lowest BCUT2D eigenvalue weighted by atomic mass is 9.81. The molecule has 0 atom stereocenters. The Labute approximate surface area is 163 Å². The Balaban J connectivity index is 1.43. The quantitative estimate of drug-likeness (QED) is 0.490. The number of carbonyl (C=O) groups is 1. The first-order chi connectivity index (χ1) is 13.9. The average Bonchev–Trinajstić information content (AvgIpc) is 3.27. The van der Waals surface area contributed by atoms with E-state index in [4.69, 9.17) is 5.73 Å². The summed E-state index contributed by atoms with van der Waals surface area (Å²) in [6.07, 6.45) is 6.32. The number of H-pyrrole nitrogens is 1. The maximum absolute atomic E-state index is 13.0. The number of nitrogens with zero attached hydrogens (tertiary/aromatic N) is 4. The van der Waals surface area contributed by atoms with Gasteiger partial charge in [-0.05, 0) is 23.6 Å². The van der Waals surface area contributed by atoms with Gasteiger partial charge in [0.1, 0.15) is 5.65 Å². The Morgan fingerprint density at radius 2 is 2.21 bits per heavy atom. The van der Waals surface area contributed by atoms with E-state index in [-0.39, 0.29) is 37.2 Å². The van der Waals surface area contributed by atoms with Gasteiger partial charge in [0, 0.05) is 48.9 Å². The third kappa shape index (κ3) is 3.06. The normalized spacial score (nSPS) is 16.2. The molecule has 0 aliphatic heterocycles. The van der Waals surface area contributed by atoms with Crippen molar-refractivity contribution in [2.45, 2.75) is 18.8 Å². The summed E-state index contributed by atoms with van der Waals surface area (Å²) in [5.41, 5.74) is 8.97. The molecule has 148 valence electrons. The number of aromatic amines is 1. The molecule has 4 aromatic rings. The Morgan fingerprint density at radius 3 is 3.00 bits per heavy atom. The predicted octanol–water partition coefficient (Wildman–Crippen LogP) is 2.63. The fourth-order valence-electron chi connectivity index (χ4n) is 3.74. The fraction of sp³-hybridized carbons (Fsp3) is 0.263. The van der Waals surface area contributed by atoms with Gasteiger partial charge in [0.15, 0.2) is 0 Å². The van der Waals surface area contributed by atoms with Gasteiger partial charge in [0.05, 0.1) is 17.3 Å². The number of alkyl halides is 2. The summed E-state index contributed by atoms with van der Waals surface area (Å²) in [6.45, 7) is 0.229. The van der Waals surface area contributed by atoms with Crippen molar-refractivity contribution in [3.05, 3.63) is 42.5 Å². The highest BCUT2D eigenvalue weighted by atomic mass is 19.3. The van der Waals surface area contributed by atoms with Crippen LogP contribution in [0.2, 0.25) is 0 Å². The van der Waals surface area contributed by atoms with E-state index >= 15 is 0 Å². The first kappa shape index (κ1) is 17.5. The molecular weight excluding hydrogens is 380 g/mol. The molecule has 0 bridgehead atoms. The van der Waals surface area contributed by atoms with Gasteiger partial charge >= 0.3 is 0 Å². The lowest BCUT2D eigenvalue weighted by Crippen LogP contribution is -2.42. The summed E-state index contributed by atoms with van der Waals surface area (Å²) in [7, 11) is 0. The number of hydrogen-bond acceptors (Lipinski definition) is 5. The molecule has 0 spiro atoms. The summed E-state index contributed by atoms with van der Waals surface area (Å²) in [5, 5.41) is 7.75. The molecule has 8 nitrogen and oxygen atoms in total. The zero-order chi connectivity index (χ0) is 20.2. The number of nitrogens with two attached hydrogens (primary N) is 1. The summed E-state index contributed by atoms with van der Waals surface area (Å²) in [6, 6.07) is 3.72. The van der Waals surface area contributed by atoms with Gasteiger partial charge in [0.25, 0.3) is 5.91 Å². The Morgan fingerprint density at radius 1 is 1.38 bits per heavy atom. The number of fused-ring (bicyclic) bond motifs is 2. The minimum absolute atomic E-state index is 0.181. The first-order valence-corrected chi connectivity index (χ1v) is 9.13. The molecule has 29 heavy (non-hydrogen) atoms. The average molecular weight is 397 g/mol. The smallest absolute Gasteiger partial charge is 0.255 e. The molecule has 0 unspecified atom stereocenters. The van der Waals surface area contributed by atoms with Gasteiger partial charge in [-0.25, -0.2) is 18.3 Å². The topological polar surface area (TPSA) is 114 Å². The minimum Gasteiger partial charge on any atom is -0.368 e. The van der Waals surface area contributed by atoms with Crippen LogP contribution in [-0.2, 0) is 0 Å². The van der Waals surface area contributed by atoms with E-state index in [0.717, 1.165) is 16.5 Å². The summed E-state index contributed by atoms with van der Waals surface area (Å²) < 4.78 is 27.5. The molecule has 0 saturated heterocycles. The Hall–Kier alpha value is -3.56. The highest BCUT2D eigenvalue weighted by Gasteiger charge is 2.45. The minimum atomic E-state index is -2.59. The molecule has 1 aliphatic carbocycles. The van der Waals surface area contributed by atoms with Crippen LogP contribution >= 0.6 is 0 Å². The van der Waals surface area contributed by atoms with Crippen molar-refractivity contribution in [1.29, 1.82) is 0 Å². The van der Waals surface area contributed by atoms with Crippen molar-refractivity contribution in [2.24, 2.45) is 5.92 Å². The van der Waals surface area contributed by atoms with Crippen LogP contribution < -0.4 is 11.1 Å². The summed E-state index contributed by atoms with van der Waals surface area (Å²) >= 11 is 0. The van der Waals surface area contributed by atoms with Crippen LogP contribution in [0.3, 0.4) is 0 Å². The van der Waals surface area contributed by atoms with Gasteiger partial charge in [-0.1, -0.05) is 0 Å². The Bertz CT molecular complexity index is 1240. The van der Waals surface area contributed by atoms with E-state index in [1.165, 1.54) is 6.20 Å². The molecule has 10 heteroatoms. The monoisotopic (exact) mass is 397 g/mol. The van der Waals surface area contributed by atoms with E-state index in [1.807, 2.05) is 12.1 Å². The Kier molecular flexibility index (Phi) is 3.76. The van der Waals surface area contributed by atoms with E-state index in [9.17, 15) is 13.6 Å². The number of anilines is 1. The molecule has 1 amide bonds. The number of halogens is 2. The number of pyridine rings is 1. The largest absolute Gasteiger partial charge is 0.368 e. The molecule has 1 fully saturated rings. The third-order valence-corrected chi connectivity index (χ3v) is 5.25. The highest BCUT2D eigenvalue weighted by Crippen LogP contribution is 2.41. The van der Waals surface area contributed by atoms with Crippen molar-refractivity contribution < 1.29 is 13.6 Å². The number of aromatic nitrogens is 5. The van der Waals surface area contributed by atoms with Crippen LogP contribution in [0, 0.1) is 5.92 Å². The van der Waals surface area contributed by atoms with Crippen molar-refractivity contribution in [2.75, 3.05) is 12.3 Å². The lowest BCUT2D eigenvalue weighted by molar-refractivity contribution is -0.108. The molecule has 4 heterocycles. The van der Waals surface area contributed by atoms with Crippen LogP contribution in [0.15, 0.2) is 36.9 Å². The molecule has 4 N–H and O–H groups in total. The number of hydrogen-bond donors (Lipinski definition) is 3. The van der Waals surface area contributed by atoms with Crippen LogP contribution in [0.5, 0.6) is 0 Å². The predicted molar refractivity (Wildman–Crippen MR) is 102 cm³/mol. The van der Waals surface area contributed by atoms with E-state index in [1.54, 1.807) is 23.1 Å². The van der Waals surface area contributed by atoms with Crippen LogP contribution in [0.25, 0.3) is 27.7 Å². The van der Waals surface area contributed by atoms with Gasteiger partial charge in [-0.2, -0.15) is 10.1 Å². The van der Waals surface area contributed by atoms with Crippen LogP contribution in [0.4, 0.5) is 14.7 Å². The van der Waals surface area contributed by atoms with E-state index in [2.05, 4.69) is 25.4 Å². The van der Waals surface area contributed by atoms with Crippen molar-refractivity contribution in [3.8, 4) is 11.1 Å². The molecule has 0 radical (unpaired) electrons. The number of carbonyl (C=O) groups excluding carboxylic acids is 1. The van der Waals surface area contributed by atoms with Crippen molar-refractivity contribution in [3.63, 3.8) is 0 Å². The van der Waals surface area contributed by atoms with Gasteiger partial charge in [-0.15, -0.1) is 0 Å². The standard InChI is InChI=1S/C19H17F2N7O/c20-19(21)4-10(5-19)6-24-17(29)14-9-26-28-2-1-11(3-15(14)28)12-7-23-16-13(12)8-25-18(22)27-16/h1-3,7-10H,4-6H2,(H,24,29)(H3,22,23,25,27). The van der Waals surface area contributed by atoms with Gasteiger partial charge in [0.2, 0.25) is 11.9 Å². The van der Waals surface area contributed by atoms with Crippen LogP contribution in [0.1, 0.15) is 23.2 Å². The first-order valence-electron chi connectivity index (χ1n) is 9.13. The van der Waals surface area contributed by atoms with Crippen molar-refractivity contribution in [1.82, 2.24) is 29.9 Å². The molecular formula is C19H17F2N7O. The van der Waals surface area contributed by atoms with E-state index < -0.39 is 5.92 Å². The second kappa shape index (κ2) is 6.23. The van der Waals surface area contributed by atoms with Crippen molar-refractivity contribution >= 4 is 28.4 Å². The molecule has 1 saturated carbocycles. The second-order valence-corrected chi connectivity index (χ2v) is 7.34. The molecule has 5 rings (SSSR count). The molecule has 0 aromatic carbocycles. The van der Waals surface area contributed by atoms with Crippen LogP contribution in [-0.4, -0.2) is 42.9 Å². The number of nitrogens with one attached hydrogen (secondary N) is 2.